The van der Waals surface area contributed by atoms with Crippen molar-refractivity contribution >= 4 is 6.03 Å². The van der Waals surface area contributed by atoms with E-state index in [2.05, 4.69) is 5.32 Å². The lowest BCUT2D eigenvalue weighted by Gasteiger charge is -2.50. The lowest BCUT2D eigenvalue weighted by atomic mass is 9.90. The highest BCUT2D eigenvalue weighted by atomic mass is 16.5. The van der Waals surface area contributed by atoms with Crippen LogP contribution in [0.25, 0.3) is 0 Å². The number of benzene rings is 2. The minimum Gasteiger partial charge on any atom is -0.468 e. The van der Waals surface area contributed by atoms with E-state index < -0.39 is 5.72 Å². The number of rotatable bonds is 2. The number of carbonyl (C=O) groups excluding carboxylic acids is 1. The maximum atomic E-state index is 12.6. The Balaban J connectivity index is 1.69. The van der Waals surface area contributed by atoms with Crippen LogP contribution in [-0.4, -0.2) is 16.7 Å². The predicted octanol–water partition coefficient (Wildman–Crippen LogP) is 3.45. The third-order valence-electron chi connectivity index (χ3n) is 4.50. The van der Waals surface area contributed by atoms with Crippen molar-refractivity contribution < 1.29 is 9.53 Å². The molecule has 2 atom stereocenters. The Labute approximate surface area is 129 Å². The van der Waals surface area contributed by atoms with E-state index in [1.165, 1.54) is 0 Å². The average Bonchev–Trinajstić information content (AvgIpc) is 2.52. The van der Waals surface area contributed by atoms with Gasteiger partial charge in [0.1, 0.15) is 5.75 Å². The van der Waals surface area contributed by atoms with Crippen LogP contribution >= 0.6 is 0 Å². The first kappa shape index (κ1) is 13.2. The van der Waals surface area contributed by atoms with Gasteiger partial charge in [0.2, 0.25) is 0 Å². The van der Waals surface area contributed by atoms with Gasteiger partial charge in [-0.1, -0.05) is 48.5 Å². The van der Waals surface area contributed by atoms with E-state index in [4.69, 9.17) is 4.74 Å². The number of amides is 2. The number of fused-ring (bicyclic) bond motifs is 4. The van der Waals surface area contributed by atoms with Crippen molar-refractivity contribution in [1.82, 2.24) is 10.2 Å². The molecule has 0 radical (unpaired) electrons. The van der Waals surface area contributed by atoms with Crippen molar-refractivity contribution in [1.29, 1.82) is 0 Å². The van der Waals surface area contributed by atoms with Gasteiger partial charge >= 0.3 is 6.03 Å². The standard InChI is InChI=1S/C18H18N2O2/c1-18-11-15(14-9-5-6-10-16(14)22-18)19-17(21)20(18)12-13-7-3-2-4-8-13/h2-10,15H,11-12H2,1H3,(H,19,21)/t15-,18+/m0/s1. The van der Waals surface area contributed by atoms with Crippen molar-refractivity contribution in [3.63, 3.8) is 0 Å². The second-order valence-electron chi connectivity index (χ2n) is 6.09. The summed E-state index contributed by atoms with van der Waals surface area (Å²) in [5.41, 5.74) is 1.55. The molecule has 2 bridgehead atoms. The number of carbonyl (C=O) groups is 1. The number of nitrogens with zero attached hydrogens (tertiary/aromatic N) is 1. The first-order valence-corrected chi connectivity index (χ1v) is 7.56. The third-order valence-corrected chi connectivity index (χ3v) is 4.50. The molecule has 0 spiro atoms. The zero-order valence-corrected chi connectivity index (χ0v) is 12.5. The van der Waals surface area contributed by atoms with E-state index >= 15 is 0 Å². The molecule has 4 rings (SSSR count). The fourth-order valence-corrected chi connectivity index (χ4v) is 3.37. The average molecular weight is 294 g/mol. The van der Waals surface area contributed by atoms with E-state index in [9.17, 15) is 4.79 Å². The van der Waals surface area contributed by atoms with Gasteiger partial charge in [-0.05, 0) is 18.6 Å². The molecule has 2 heterocycles. The minimum atomic E-state index is -0.614. The third kappa shape index (κ3) is 2.03. The van der Waals surface area contributed by atoms with Gasteiger partial charge in [-0.15, -0.1) is 0 Å². The molecule has 2 aromatic rings. The Morgan fingerprint density at radius 3 is 2.73 bits per heavy atom. The molecule has 2 aliphatic heterocycles. The van der Waals surface area contributed by atoms with Crippen molar-refractivity contribution in [2.45, 2.75) is 31.7 Å². The minimum absolute atomic E-state index is 0.0227. The Bertz CT molecular complexity index is 716. The molecular weight excluding hydrogens is 276 g/mol. The van der Waals surface area contributed by atoms with Crippen LogP contribution in [0.15, 0.2) is 54.6 Å². The van der Waals surface area contributed by atoms with Gasteiger partial charge in [0, 0.05) is 12.0 Å². The summed E-state index contributed by atoms with van der Waals surface area (Å²) in [7, 11) is 0. The number of hydrogen-bond acceptors (Lipinski definition) is 2. The number of para-hydroxylation sites is 1. The second kappa shape index (κ2) is 4.77. The van der Waals surface area contributed by atoms with Crippen LogP contribution in [0, 0.1) is 0 Å². The van der Waals surface area contributed by atoms with Crippen molar-refractivity contribution in [2.75, 3.05) is 0 Å². The molecule has 22 heavy (non-hydrogen) atoms. The van der Waals surface area contributed by atoms with Crippen LogP contribution in [0.1, 0.15) is 30.5 Å². The quantitative estimate of drug-likeness (QED) is 0.921. The van der Waals surface area contributed by atoms with Crippen molar-refractivity contribution in [3.05, 3.63) is 65.7 Å². The van der Waals surface area contributed by atoms with Gasteiger partial charge in [0.15, 0.2) is 5.72 Å². The highest BCUT2D eigenvalue weighted by Crippen LogP contribution is 2.44. The van der Waals surface area contributed by atoms with Crippen LogP contribution in [0.2, 0.25) is 0 Å². The smallest absolute Gasteiger partial charge is 0.321 e. The van der Waals surface area contributed by atoms with Crippen LogP contribution in [0.4, 0.5) is 4.79 Å². The summed E-state index contributed by atoms with van der Waals surface area (Å²) in [6, 6.07) is 17.9. The fourth-order valence-electron chi connectivity index (χ4n) is 3.37. The maximum absolute atomic E-state index is 12.6. The normalized spacial score (nSPS) is 26.0. The molecule has 1 N–H and O–H groups in total. The lowest BCUT2D eigenvalue weighted by Crippen LogP contribution is -2.64. The Morgan fingerprint density at radius 1 is 1.18 bits per heavy atom. The molecule has 0 aliphatic carbocycles. The first-order chi connectivity index (χ1) is 10.7. The Morgan fingerprint density at radius 2 is 1.91 bits per heavy atom. The zero-order chi connectivity index (χ0) is 15.2. The maximum Gasteiger partial charge on any atom is 0.321 e. The molecule has 0 saturated carbocycles. The Hall–Kier alpha value is -2.49. The molecule has 2 aromatic carbocycles. The molecule has 0 aromatic heterocycles. The number of nitrogens with one attached hydrogen (secondary N) is 1. The summed E-state index contributed by atoms with van der Waals surface area (Å²) >= 11 is 0. The van der Waals surface area contributed by atoms with Gasteiger partial charge < -0.3 is 10.1 Å². The van der Waals surface area contributed by atoms with Gasteiger partial charge in [0.05, 0.1) is 12.6 Å². The van der Waals surface area contributed by atoms with Crippen LogP contribution in [0.5, 0.6) is 5.75 Å². The molecule has 4 heteroatoms. The number of hydrogen-bond donors (Lipinski definition) is 1. The lowest BCUT2D eigenvalue weighted by molar-refractivity contribution is -0.0879. The van der Waals surface area contributed by atoms with E-state index in [-0.39, 0.29) is 12.1 Å². The summed E-state index contributed by atoms with van der Waals surface area (Å²) in [5.74, 6) is 0.860. The van der Waals surface area contributed by atoms with Gasteiger partial charge in [-0.25, -0.2) is 4.79 Å². The summed E-state index contributed by atoms with van der Waals surface area (Å²) < 4.78 is 6.21. The molecule has 2 amide bonds. The highest BCUT2D eigenvalue weighted by molar-refractivity contribution is 5.77. The Kier molecular flexibility index (Phi) is 2.86. The van der Waals surface area contributed by atoms with E-state index in [1.807, 2.05) is 61.5 Å². The topological polar surface area (TPSA) is 41.6 Å². The molecule has 112 valence electrons. The highest BCUT2D eigenvalue weighted by Gasteiger charge is 2.48. The molecule has 2 aliphatic rings. The van der Waals surface area contributed by atoms with Crippen LogP contribution in [-0.2, 0) is 6.54 Å². The van der Waals surface area contributed by atoms with Gasteiger partial charge in [0.25, 0.3) is 0 Å². The zero-order valence-electron chi connectivity index (χ0n) is 12.5. The fraction of sp³-hybridized carbons (Fsp3) is 0.278. The predicted molar refractivity (Wildman–Crippen MR) is 83.3 cm³/mol. The largest absolute Gasteiger partial charge is 0.468 e. The van der Waals surface area contributed by atoms with Crippen molar-refractivity contribution in [3.8, 4) is 5.75 Å². The monoisotopic (exact) mass is 294 g/mol. The van der Waals surface area contributed by atoms with Crippen LogP contribution in [0.3, 0.4) is 0 Å². The SMILES string of the molecule is C[C@@]12C[C@H](NC(=O)N1Cc1ccccc1)c1ccccc1O2. The molecular formula is C18H18N2O2. The summed E-state index contributed by atoms with van der Waals surface area (Å²) in [5, 5.41) is 3.11. The van der Waals surface area contributed by atoms with E-state index in [1.54, 1.807) is 4.90 Å². The summed E-state index contributed by atoms with van der Waals surface area (Å²) in [6.07, 6.45) is 0.753. The first-order valence-electron chi connectivity index (χ1n) is 7.56. The van der Waals surface area contributed by atoms with E-state index in [0.717, 1.165) is 23.3 Å². The van der Waals surface area contributed by atoms with E-state index in [0.29, 0.717) is 6.54 Å². The van der Waals surface area contributed by atoms with Gasteiger partial charge in [-0.3, -0.25) is 4.90 Å². The molecule has 1 saturated heterocycles. The number of urea groups is 1. The second-order valence-corrected chi connectivity index (χ2v) is 6.09. The molecule has 1 fully saturated rings. The van der Waals surface area contributed by atoms with Crippen LogP contribution < -0.4 is 10.1 Å². The summed E-state index contributed by atoms with van der Waals surface area (Å²) in [6.45, 7) is 2.54. The molecule has 0 unspecified atom stereocenters. The van der Waals surface area contributed by atoms with Crippen molar-refractivity contribution in [2.24, 2.45) is 0 Å². The van der Waals surface area contributed by atoms with Gasteiger partial charge in [-0.2, -0.15) is 0 Å². The molecule has 4 nitrogen and oxygen atoms in total. The summed E-state index contributed by atoms with van der Waals surface area (Å²) in [4.78, 5) is 14.3. The number of ether oxygens (including phenoxy) is 1.